The number of aromatic carboxylic acids is 1. The van der Waals surface area contributed by atoms with Crippen LogP contribution < -0.4 is 5.32 Å². The SMILES string of the molecule is Cc1ccc(CNc2ccc(C(=O)O)cc2Cl)s1. The highest BCUT2D eigenvalue weighted by atomic mass is 35.5. The zero-order valence-corrected chi connectivity index (χ0v) is 11.3. The van der Waals surface area contributed by atoms with Gasteiger partial charge in [-0.25, -0.2) is 4.79 Å². The topological polar surface area (TPSA) is 49.3 Å². The summed E-state index contributed by atoms with van der Waals surface area (Å²) in [5.74, 6) is -0.975. The fourth-order valence-electron chi connectivity index (χ4n) is 1.55. The first-order valence-corrected chi connectivity index (χ1v) is 6.58. The van der Waals surface area contributed by atoms with Gasteiger partial charge in [-0.05, 0) is 37.3 Å². The highest BCUT2D eigenvalue weighted by Gasteiger charge is 2.07. The molecule has 2 aromatic rings. The Kier molecular flexibility index (Phi) is 3.89. The molecule has 2 rings (SSSR count). The fourth-order valence-corrected chi connectivity index (χ4v) is 2.63. The van der Waals surface area contributed by atoms with Gasteiger partial charge in [0.25, 0.3) is 0 Å². The summed E-state index contributed by atoms with van der Waals surface area (Å²) in [6.07, 6.45) is 0. The molecule has 1 heterocycles. The molecular formula is C13H12ClNO2S. The minimum absolute atomic E-state index is 0.192. The van der Waals surface area contributed by atoms with E-state index in [1.54, 1.807) is 17.4 Å². The molecule has 1 aromatic heterocycles. The minimum atomic E-state index is -0.975. The zero-order chi connectivity index (χ0) is 13.1. The first-order chi connectivity index (χ1) is 8.56. The van der Waals surface area contributed by atoms with Crippen LogP contribution in [-0.4, -0.2) is 11.1 Å². The molecular weight excluding hydrogens is 270 g/mol. The Balaban J connectivity index is 2.08. The van der Waals surface area contributed by atoms with Crippen molar-refractivity contribution in [3.8, 4) is 0 Å². The Hall–Kier alpha value is -1.52. The van der Waals surface area contributed by atoms with Gasteiger partial charge in [0.05, 0.1) is 16.3 Å². The molecule has 0 unspecified atom stereocenters. The third-order valence-electron chi connectivity index (χ3n) is 2.47. The van der Waals surface area contributed by atoms with Crippen LogP contribution in [0.25, 0.3) is 0 Å². The molecule has 3 nitrogen and oxygen atoms in total. The number of rotatable bonds is 4. The van der Waals surface area contributed by atoms with E-state index < -0.39 is 5.97 Å². The van der Waals surface area contributed by atoms with Gasteiger partial charge in [-0.3, -0.25) is 0 Å². The van der Waals surface area contributed by atoms with E-state index in [2.05, 4.69) is 24.4 Å². The van der Waals surface area contributed by atoms with Gasteiger partial charge in [-0.2, -0.15) is 0 Å². The molecule has 0 atom stereocenters. The molecule has 1 aromatic carbocycles. The molecule has 0 amide bonds. The monoisotopic (exact) mass is 281 g/mol. The number of thiophene rings is 1. The standard InChI is InChI=1S/C13H12ClNO2S/c1-8-2-4-10(18-8)7-15-12-5-3-9(13(16)17)6-11(12)14/h2-6,15H,7H2,1H3,(H,16,17). The molecule has 5 heteroatoms. The second kappa shape index (κ2) is 5.42. The van der Waals surface area contributed by atoms with Gasteiger partial charge < -0.3 is 10.4 Å². The molecule has 0 fully saturated rings. The van der Waals surface area contributed by atoms with Crippen molar-refractivity contribution in [2.45, 2.75) is 13.5 Å². The number of nitrogens with one attached hydrogen (secondary N) is 1. The highest BCUT2D eigenvalue weighted by Crippen LogP contribution is 2.24. The van der Waals surface area contributed by atoms with E-state index in [9.17, 15) is 4.79 Å². The average Bonchev–Trinajstić information content (AvgIpc) is 2.73. The molecule has 18 heavy (non-hydrogen) atoms. The van der Waals surface area contributed by atoms with Crippen LogP contribution in [0.3, 0.4) is 0 Å². The number of carboxylic acids is 1. The van der Waals surface area contributed by atoms with Crippen molar-refractivity contribution in [3.05, 3.63) is 50.7 Å². The smallest absolute Gasteiger partial charge is 0.335 e. The van der Waals surface area contributed by atoms with Crippen molar-refractivity contribution in [2.75, 3.05) is 5.32 Å². The predicted octanol–water partition coefficient (Wildman–Crippen LogP) is 4.02. The van der Waals surface area contributed by atoms with Crippen molar-refractivity contribution < 1.29 is 9.90 Å². The van der Waals surface area contributed by atoms with Crippen LogP contribution in [0.4, 0.5) is 5.69 Å². The molecule has 0 radical (unpaired) electrons. The van der Waals surface area contributed by atoms with Crippen LogP contribution in [-0.2, 0) is 6.54 Å². The van der Waals surface area contributed by atoms with E-state index in [-0.39, 0.29) is 5.56 Å². The Morgan fingerprint density at radius 2 is 2.17 bits per heavy atom. The summed E-state index contributed by atoms with van der Waals surface area (Å²) in [5, 5.41) is 12.4. The third kappa shape index (κ3) is 3.03. The number of halogens is 1. The summed E-state index contributed by atoms with van der Waals surface area (Å²) < 4.78 is 0. The lowest BCUT2D eigenvalue weighted by Crippen LogP contribution is -2.00. The summed E-state index contributed by atoms with van der Waals surface area (Å²) >= 11 is 7.74. The third-order valence-corrected chi connectivity index (χ3v) is 3.78. The van der Waals surface area contributed by atoms with Gasteiger partial charge in [-0.15, -0.1) is 11.3 Å². The summed E-state index contributed by atoms with van der Waals surface area (Å²) in [7, 11) is 0. The van der Waals surface area contributed by atoms with Crippen molar-refractivity contribution in [1.29, 1.82) is 0 Å². The van der Waals surface area contributed by atoms with Gasteiger partial charge in [0.1, 0.15) is 0 Å². The molecule has 0 aliphatic rings. The Labute approximate surface area is 114 Å². The van der Waals surface area contributed by atoms with Crippen LogP contribution in [0.1, 0.15) is 20.1 Å². The first-order valence-electron chi connectivity index (χ1n) is 5.38. The van der Waals surface area contributed by atoms with Crippen LogP contribution in [0, 0.1) is 6.92 Å². The number of anilines is 1. The summed E-state index contributed by atoms with van der Waals surface area (Å²) in [5.41, 5.74) is 0.935. The van der Waals surface area contributed by atoms with Gasteiger partial charge >= 0.3 is 5.97 Å². The maximum atomic E-state index is 10.8. The maximum Gasteiger partial charge on any atom is 0.335 e. The van der Waals surface area contributed by atoms with Crippen LogP contribution in [0.15, 0.2) is 30.3 Å². The minimum Gasteiger partial charge on any atom is -0.478 e. The van der Waals surface area contributed by atoms with Crippen LogP contribution >= 0.6 is 22.9 Å². The number of aryl methyl sites for hydroxylation is 1. The van der Waals surface area contributed by atoms with E-state index in [1.165, 1.54) is 21.9 Å². The number of carbonyl (C=O) groups is 1. The lowest BCUT2D eigenvalue weighted by molar-refractivity contribution is 0.0697. The van der Waals surface area contributed by atoms with Gasteiger partial charge in [0.2, 0.25) is 0 Å². The van der Waals surface area contributed by atoms with E-state index >= 15 is 0 Å². The number of hydrogen-bond acceptors (Lipinski definition) is 3. The summed E-state index contributed by atoms with van der Waals surface area (Å²) in [6, 6.07) is 8.80. The van der Waals surface area contributed by atoms with Gasteiger partial charge in [-0.1, -0.05) is 11.6 Å². The van der Waals surface area contributed by atoms with Gasteiger partial charge in [0.15, 0.2) is 0 Å². The van der Waals surface area contributed by atoms with Crippen molar-refractivity contribution in [1.82, 2.24) is 0 Å². The molecule has 0 spiro atoms. The Morgan fingerprint density at radius 1 is 1.39 bits per heavy atom. The summed E-state index contributed by atoms with van der Waals surface area (Å²) in [4.78, 5) is 13.2. The highest BCUT2D eigenvalue weighted by molar-refractivity contribution is 7.11. The van der Waals surface area contributed by atoms with Crippen molar-refractivity contribution in [2.24, 2.45) is 0 Å². The normalized spacial score (nSPS) is 10.3. The van der Waals surface area contributed by atoms with Crippen LogP contribution in [0.5, 0.6) is 0 Å². The maximum absolute atomic E-state index is 10.8. The molecule has 2 N–H and O–H groups in total. The second-order valence-corrected chi connectivity index (χ2v) is 5.65. The van der Waals surface area contributed by atoms with Crippen molar-refractivity contribution in [3.63, 3.8) is 0 Å². The Bertz CT molecular complexity index is 580. The quantitative estimate of drug-likeness (QED) is 0.890. The molecule has 0 aliphatic heterocycles. The predicted molar refractivity (Wildman–Crippen MR) is 74.8 cm³/mol. The number of carboxylic acid groups (broad SMARTS) is 1. The largest absolute Gasteiger partial charge is 0.478 e. The average molecular weight is 282 g/mol. The molecule has 0 aliphatic carbocycles. The van der Waals surface area contributed by atoms with E-state index in [0.717, 1.165) is 5.69 Å². The van der Waals surface area contributed by atoms with E-state index in [1.807, 2.05) is 0 Å². The number of benzene rings is 1. The van der Waals surface area contributed by atoms with Gasteiger partial charge in [0, 0.05) is 16.3 Å². The van der Waals surface area contributed by atoms with Crippen molar-refractivity contribution >= 4 is 34.6 Å². The van der Waals surface area contributed by atoms with E-state index in [4.69, 9.17) is 16.7 Å². The zero-order valence-electron chi connectivity index (χ0n) is 9.74. The Morgan fingerprint density at radius 3 is 2.72 bits per heavy atom. The second-order valence-electron chi connectivity index (χ2n) is 3.87. The fraction of sp³-hybridized carbons (Fsp3) is 0.154. The first kappa shape index (κ1) is 12.9. The number of hydrogen-bond donors (Lipinski definition) is 2. The van der Waals surface area contributed by atoms with E-state index in [0.29, 0.717) is 11.6 Å². The lowest BCUT2D eigenvalue weighted by Gasteiger charge is -2.07. The van der Waals surface area contributed by atoms with Crippen LogP contribution in [0.2, 0.25) is 5.02 Å². The molecule has 0 bridgehead atoms. The molecule has 0 saturated carbocycles. The molecule has 0 saturated heterocycles. The molecule has 94 valence electrons. The lowest BCUT2D eigenvalue weighted by atomic mass is 10.2. The summed E-state index contributed by atoms with van der Waals surface area (Å²) in [6.45, 7) is 2.74.